The Labute approximate surface area is 75.6 Å². The van der Waals surface area contributed by atoms with Crippen LogP contribution in [0.2, 0.25) is 0 Å². The first kappa shape index (κ1) is 9.28. The summed E-state index contributed by atoms with van der Waals surface area (Å²) < 4.78 is 3.89. The molecule has 0 fully saturated rings. The van der Waals surface area contributed by atoms with Crippen LogP contribution >= 0.6 is 11.5 Å². The average Bonchev–Trinajstić information content (AvgIpc) is 2.30. The van der Waals surface area contributed by atoms with Crippen molar-refractivity contribution in [3.8, 4) is 0 Å². The second-order valence-electron chi connectivity index (χ2n) is 3.28. The van der Waals surface area contributed by atoms with Crippen molar-refractivity contribution < 1.29 is 5.11 Å². The third-order valence-electron chi connectivity index (χ3n) is 1.22. The molecule has 12 heavy (non-hydrogen) atoms. The lowest BCUT2D eigenvalue weighted by Crippen LogP contribution is -2.28. The fourth-order valence-electron chi connectivity index (χ4n) is 0.676. The Morgan fingerprint density at radius 1 is 1.75 bits per heavy atom. The molecule has 1 aromatic rings. The van der Waals surface area contributed by atoms with Gasteiger partial charge in [0, 0.05) is 12.6 Å². The summed E-state index contributed by atoms with van der Waals surface area (Å²) in [6.07, 6.45) is 0. The molecule has 0 aliphatic heterocycles. The summed E-state index contributed by atoms with van der Waals surface area (Å²) in [6, 6.07) is 1.75. The van der Waals surface area contributed by atoms with E-state index >= 15 is 0 Å². The van der Waals surface area contributed by atoms with Gasteiger partial charge in [0.2, 0.25) is 0 Å². The molecule has 4 N–H and O–H groups in total. The van der Waals surface area contributed by atoms with Gasteiger partial charge < -0.3 is 16.2 Å². The van der Waals surface area contributed by atoms with Crippen molar-refractivity contribution in [3.63, 3.8) is 0 Å². The van der Waals surface area contributed by atoms with Crippen molar-refractivity contribution in [2.75, 3.05) is 17.6 Å². The highest BCUT2D eigenvalue weighted by atomic mass is 32.1. The van der Waals surface area contributed by atoms with Crippen LogP contribution < -0.4 is 11.1 Å². The largest absolute Gasteiger partial charge is 0.389 e. The molecule has 0 saturated carbocycles. The van der Waals surface area contributed by atoms with Gasteiger partial charge in [-0.1, -0.05) is 0 Å². The van der Waals surface area contributed by atoms with Gasteiger partial charge in [-0.3, -0.25) is 0 Å². The zero-order valence-electron chi connectivity index (χ0n) is 7.16. The predicted octanol–water partition coefficient (Wildman–Crippen LogP) is 0.908. The molecule has 0 atom stereocenters. The fraction of sp³-hybridized carbons (Fsp3) is 0.571. The lowest BCUT2D eigenvalue weighted by molar-refractivity contribution is 0.0946. The van der Waals surface area contributed by atoms with Crippen LogP contribution in [0.15, 0.2) is 6.07 Å². The topological polar surface area (TPSA) is 71.2 Å². The summed E-state index contributed by atoms with van der Waals surface area (Å²) in [5.41, 5.74) is 4.71. The molecule has 0 aromatic carbocycles. The van der Waals surface area contributed by atoms with E-state index in [4.69, 9.17) is 5.73 Å². The Hall–Kier alpha value is -0.810. The number of nitrogens with one attached hydrogen (secondary N) is 1. The van der Waals surface area contributed by atoms with E-state index in [0.717, 1.165) is 5.00 Å². The molecule has 1 aromatic heterocycles. The number of aromatic nitrogens is 1. The Kier molecular flexibility index (Phi) is 2.54. The van der Waals surface area contributed by atoms with Crippen LogP contribution in [0.5, 0.6) is 0 Å². The summed E-state index contributed by atoms with van der Waals surface area (Å²) in [5.74, 6) is 0.512. The zero-order chi connectivity index (χ0) is 9.19. The molecule has 0 aliphatic carbocycles. The molecule has 4 nitrogen and oxygen atoms in total. The van der Waals surface area contributed by atoms with Crippen molar-refractivity contribution in [2.24, 2.45) is 0 Å². The average molecular weight is 187 g/mol. The molecule has 0 radical (unpaired) electrons. The van der Waals surface area contributed by atoms with Gasteiger partial charge in [0.15, 0.2) is 0 Å². The van der Waals surface area contributed by atoms with Crippen molar-refractivity contribution >= 4 is 22.4 Å². The summed E-state index contributed by atoms with van der Waals surface area (Å²) in [7, 11) is 0. The number of hydrogen-bond donors (Lipinski definition) is 3. The summed E-state index contributed by atoms with van der Waals surface area (Å²) in [5, 5.41) is 13.3. The predicted molar refractivity (Wildman–Crippen MR) is 51.3 cm³/mol. The van der Waals surface area contributed by atoms with E-state index in [1.54, 1.807) is 19.9 Å². The number of nitrogens with two attached hydrogens (primary N) is 1. The monoisotopic (exact) mass is 187 g/mol. The molecular weight excluding hydrogens is 174 g/mol. The Morgan fingerprint density at radius 3 is 2.83 bits per heavy atom. The Balaban J connectivity index is 2.44. The van der Waals surface area contributed by atoms with Gasteiger partial charge in [-0.15, -0.1) is 0 Å². The van der Waals surface area contributed by atoms with Crippen LogP contribution in [0.25, 0.3) is 0 Å². The highest BCUT2D eigenvalue weighted by molar-refractivity contribution is 7.10. The summed E-state index contributed by atoms with van der Waals surface area (Å²) in [6.45, 7) is 3.98. The highest BCUT2D eigenvalue weighted by Gasteiger charge is 2.12. The quantitative estimate of drug-likeness (QED) is 0.657. The molecule has 0 aliphatic rings. The minimum Gasteiger partial charge on any atom is -0.389 e. The van der Waals surface area contributed by atoms with Gasteiger partial charge in [0.1, 0.15) is 10.8 Å². The van der Waals surface area contributed by atoms with Crippen LogP contribution in [-0.2, 0) is 0 Å². The lowest BCUT2D eigenvalue weighted by atomic mass is 10.1. The lowest BCUT2D eigenvalue weighted by Gasteiger charge is -2.16. The minimum absolute atomic E-state index is 0.495. The maximum absolute atomic E-state index is 9.38. The molecule has 1 heterocycles. The molecule has 0 saturated heterocycles. The first-order valence-electron chi connectivity index (χ1n) is 3.66. The first-order chi connectivity index (χ1) is 5.47. The van der Waals surface area contributed by atoms with Gasteiger partial charge in [0.05, 0.1) is 5.60 Å². The zero-order valence-corrected chi connectivity index (χ0v) is 7.98. The van der Waals surface area contributed by atoms with Gasteiger partial charge in [0.25, 0.3) is 0 Å². The Morgan fingerprint density at radius 2 is 2.42 bits per heavy atom. The van der Waals surface area contributed by atoms with E-state index in [2.05, 4.69) is 9.69 Å². The second kappa shape index (κ2) is 3.28. The van der Waals surface area contributed by atoms with Crippen LogP contribution in [0.1, 0.15) is 13.8 Å². The van der Waals surface area contributed by atoms with Gasteiger partial charge >= 0.3 is 0 Å². The number of nitrogens with zero attached hydrogens (tertiary/aromatic N) is 1. The maximum atomic E-state index is 9.38. The Bertz CT molecular complexity index is 253. The van der Waals surface area contributed by atoms with Crippen molar-refractivity contribution in [1.82, 2.24) is 4.37 Å². The molecule has 68 valence electrons. The number of hydrogen-bond acceptors (Lipinski definition) is 5. The van der Waals surface area contributed by atoms with E-state index in [1.807, 2.05) is 0 Å². The minimum atomic E-state index is -0.710. The van der Waals surface area contributed by atoms with E-state index in [1.165, 1.54) is 11.5 Å². The van der Waals surface area contributed by atoms with Gasteiger partial charge in [-0.2, -0.15) is 4.37 Å². The van der Waals surface area contributed by atoms with Crippen molar-refractivity contribution in [1.29, 1.82) is 0 Å². The van der Waals surface area contributed by atoms with Crippen molar-refractivity contribution in [3.05, 3.63) is 6.07 Å². The number of nitrogen functional groups attached to an aromatic ring is 1. The number of anilines is 2. The van der Waals surface area contributed by atoms with Gasteiger partial charge in [-0.05, 0) is 25.4 Å². The standard InChI is InChI=1S/C7H13N3OS/c1-7(2,11)4-9-6-3-5(8)10-12-6/h3,9,11H,4H2,1-2H3,(H2,8,10). The van der Waals surface area contributed by atoms with Crippen LogP contribution in [0, 0.1) is 0 Å². The highest BCUT2D eigenvalue weighted by Crippen LogP contribution is 2.18. The summed E-state index contributed by atoms with van der Waals surface area (Å²) in [4.78, 5) is 0. The van der Waals surface area contributed by atoms with Crippen LogP contribution in [-0.4, -0.2) is 21.6 Å². The normalized spacial score (nSPS) is 11.6. The fourth-order valence-corrected chi connectivity index (χ4v) is 1.24. The van der Waals surface area contributed by atoms with E-state index in [-0.39, 0.29) is 0 Å². The second-order valence-corrected chi connectivity index (χ2v) is 4.09. The third-order valence-corrected chi connectivity index (χ3v) is 1.98. The molecule has 0 spiro atoms. The smallest absolute Gasteiger partial charge is 0.139 e. The molecule has 0 unspecified atom stereocenters. The molecule has 0 bridgehead atoms. The molecule has 0 amide bonds. The first-order valence-corrected chi connectivity index (χ1v) is 4.43. The SMILES string of the molecule is CC(C)(O)CNc1cc(N)ns1. The van der Waals surface area contributed by atoms with Crippen molar-refractivity contribution in [2.45, 2.75) is 19.4 Å². The molecular formula is C7H13N3OS. The number of aliphatic hydroxyl groups is 1. The van der Waals surface area contributed by atoms with E-state index < -0.39 is 5.60 Å². The van der Waals surface area contributed by atoms with Gasteiger partial charge in [-0.25, -0.2) is 0 Å². The van der Waals surface area contributed by atoms with E-state index in [0.29, 0.717) is 12.4 Å². The number of rotatable bonds is 3. The van der Waals surface area contributed by atoms with Crippen LogP contribution in [0.4, 0.5) is 10.8 Å². The molecule has 1 rings (SSSR count). The van der Waals surface area contributed by atoms with E-state index in [9.17, 15) is 5.11 Å². The molecule has 5 heteroatoms. The van der Waals surface area contributed by atoms with Crippen LogP contribution in [0.3, 0.4) is 0 Å². The summed E-state index contributed by atoms with van der Waals surface area (Å²) >= 11 is 1.29. The third kappa shape index (κ3) is 3.06. The maximum Gasteiger partial charge on any atom is 0.139 e.